The number of hydrogen-bond acceptors (Lipinski definition) is 4. The molecule has 4 heteroatoms. The lowest BCUT2D eigenvalue weighted by molar-refractivity contribution is 0.0306. The minimum atomic E-state index is 0.656. The van der Waals surface area contributed by atoms with Gasteiger partial charge in [0.2, 0.25) is 0 Å². The van der Waals surface area contributed by atoms with Crippen LogP contribution in [0.25, 0.3) is 0 Å². The Morgan fingerprint density at radius 1 is 0.821 bits per heavy atom. The Morgan fingerprint density at radius 3 is 2.07 bits per heavy atom. The minimum absolute atomic E-state index is 0.656. The lowest BCUT2D eigenvalue weighted by atomic mass is 9.70. The summed E-state index contributed by atoms with van der Waals surface area (Å²) in [5, 5.41) is 0. The third-order valence-electron chi connectivity index (χ3n) is 8.09. The summed E-state index contributed by atoms with van der Waals surface area (Å²) in [5.74, 6) is 2.60. The van der Waals surface area contributed by atoms with Gasteiger partial charge in [0, 0.05) is 56.0 Å². The molecule has 4 fully saturated rings. The molecule has 154 valence electrons. The molecule has 3 saturated heterocycles. The Bertz CT molecular complexity index is 618. The van der Waals surface area contributed by atoms with Gasteiger partial charge in [-0.1, -0.05) is 18.6 Å². The summed E-state index contributed by atoms with van der Waals surface area (Å²) in [7, 11) is 0. The summed E-state index contributed by atoms with van der Waals surface area (Å²) < 4.78 is 0. The largest absolute Gasteiger partial charge is 0.371 e. The highest BCUT2D eigenvalue weighted by molar-refractivity contribution is 7.99. The summed E-state index contributed by atoms with van der Waals surface area (Å²) in [6.45, 7) is 8.88. The van der Waals surface area contributed by atoms with Crippen LogP contribution in [0.2, 0.25) is 0 Å². The van der Waals surface area contributed by atoms with Crippen LogP contribution < -0.4 is 4.90 Å². The van der Waals surface area contributed by atoms with E-state index < -0.39 is 0 Å². The molecule has 5 rings (SSSR count). The molecular weight excluding hydrogens is 362 g/mol. The van der Waals surface area contributed by atoms with Crippen molar-refractivity contribution in [3.8, 4) is 0 Å². The fourth-order valence-electron chi connectivity index (χ4n) is 5.68. The normalized spacial score (nSPS) is 27.1. The van der Waals surface area contributed by atoms with Crippen LogP contribution in [0.15, 0.2) is 24.3 Å². The van der Waals surface area contributed by atoms with Crippen LogP contribution in [0.4, 0.5) is 5.69 Å². The zero-order valence-corrected chi connectivity index (χ0v) is 18.3. The maximum absolute atomic E-state index is 2.81. The van der Waals surface area contributed by atoms with Gasteiger partial charge in [-0.25, -0.2) is 0 Å². The molecule has 1 aromatic carbocycles. The van der Waals surface area contributed by atoms with E-state index in [1.54, 1.807) is 0 Å². The van der Waals surface area contributed by atoms with Gasteiger partial charge >= 0.3 is 0 Å². The molecule has 3 aliphatic heterocycles. The van der Waals surface area contributed by atoms with Gasteiger partial charge in [0.25, 0.3) is 0 Å². The van der Waals surface area contributed by atoms with E-state index in [1.807, 2.05) is 0 Å². The van der Waals surface area contributed by atoms with E-state index in [9.17, 15) is 0 Å². The van der Waals surface area contributed by atoms with E-state index in [0.717, 1.165) is 12.6 Å². The van der Waals surface area contributed by atoms with Crippen molar-refractivity contribution < 1.29 is 0 Å². The van der Waals surface area contributed by atoms with Crippen LogP contribution in [-0.4, -0.2) is 66.6 Å². The first-order chi connectivity index (χ1) is 13.8. The van der Waals surface area contributed by atoms with Gasteiger partial charge in [-0.2, -0.15) is 11.8 Å². The third kappa shape index (κ3) is 4.24. The first-order valence-corrected chi connectivity index (χ1v) is 12.8. The fourth-order valence-corrected chi connectivity index (χ4v) is 6.66. The average Bonchev–Trinajstić information content (AvgIpc) is 2.71. The van der Waals surface area contributed by atoms with E-state index in [-0.39, 0.29) is 0 Å². The number of hydrogen-bond donors (Lipinski definition) is 0. The number of piperidine rings is 2. The van der Waals surface area contributed by atoms with Crippen LogP contribution in [0, 0.1) is 5.41 Å². The number of benzene rings is 1. The predicted octanol–water partition coefficient (Wildman–Crippen LogP) is 4.47. The molecule has 3 nitrogen and oxygen atoms in total. The number of likely N-dealkylation sites (tertiary alicyclic amines) is 1. The topological polar surface area (TPSA) is 9.72 Å². The number of nitrogens with zero attached hydrogens (tertiary/aromatic N) is 3. The SMILES string of the molecule is c1cc(N2CCC3(CC2)CCN(C2CCC2)CC3)ccc1CN1CCSCC1. The molecule has 0 unspecified atom stereocenters. The van der Waals surface area contributed by atoms with Crippen molar-refractivity contribution in [3.63, 3.8) is 0 Å². The van der Waals surface area contributed by atoms with Gasteiger partial charge in [-0.05, 0) is 74.7 Å². The van der Waals surface area contributed by atoms with Crippen LogP contribution in [0.5, 0.6) is 0 Å². The number of thioether (sulfide) groups is 1. The Hall–Kier alpha value is -0.710. The summed E-state index contributed by atoms with van der Waals surface area (Å²) in [6, 6.07) is 10.5. The van der Waals surface area contributed by atoms with Crippen LogP contribution in [0.1, 0.15) is 50.5 Å². The molecule has 1 aliphatic carbocycles. The highest BCUT2D eigenvalue weighted by atomic mass is 32.2. The van der Waals surface area contributed by atoms with Gasteiger partial charge in [-0.3, -0.25) is 4.90 Å². The Balaban J connectivity index is 1.11. The van der Waals surface area contributed by atoms with Crippen molar-refractivity contribution in [2.24, 2.45) is 5.41 Å². The minimum Gasteiger partial charge on any atom is -0.371 e. The van der Waals surface area contributed by atoms with Crippen molar-refractivity contribution >= 4 is 17.4 Å². The molecular formula is C24H37N3S. The predicted molar refractivity (Wildman–Crippen MR) is 121 cm³/mol. The Kier molecular flexibility index (Phi) is 5.90. The average molecular weight is 400 g/mol. The van der Waals surface area contributed by atoms with Crippen molar-refractivity contribution in [1.29, 1.82) is 0 Å². The molecule has 0 N–H and O–H groups in total. The van der Waals surface area contributed by atoms with E-state index in [4.69, 9.17) is 0 Å². The van der Waals surface area contributed by atoms with E-state index in [2.05, 4.69) is 50.7 Å². The van der Waals surface area contributed by atoms with Crippen LogP contribution in [-0.2, 0) is 6.54 Å². The van der Waals surface area contributed by atoms with Crippen molar-refractivity contribution in [2.75, 3.05) is 55.7 Å². The lowest BCUT2D eigenvalue weighted by Crippen LogP contribution is -2.50. The third-order valence-corrected chi connectivity index (χ3v) is 9.03. The van der Waals surface area contributed by atoms with Crippen molar-refractivity contribution in [1.82, 2.24) is 9.80 Å². The first kappa shape index (κ1) is 19.3. The van der Waals surface area contributed by atoms with Gasteiger partial charge in [0.15, 0.2) is 0 Å². The number of anilines is 1. The van der Waals surface area contributed by atoms with Gasteiger partial charge in [-0.15, -0.1) is 0 Å². The zero-order valence-electron chi connectivity index (χ0n) is 17.5. The van der Waals surface area contributed by atoms with Gasteiger partial charge in [0.05, 0.1) is 0 Å². The van der Waals surface area contributed by atoms with Gasteiger partial charge < -0.3 is 9.80 Å². The molecule has 0 aromatic heterocycles. The van der Waals surface area contributed by atoms with E-state index in [1.165, 1.54) is 107 Å². The van der Waals surface area contributed by atoms with E-state index in [0.29, 0.717) is 5.41 Å². The molecule has 28 heavy (non-hydrogen) atoms. The molecule has 1 saturated carbocycles. The second-order valence-electron chi connectivity index (χ2n) is 9.66. The maximum atomic E-state index is 2.81. The summed E-state index contributed by atoms with van der Waals surface area (Å²) in [5.41, 5.74) is 3.58. The quantitative estimate of drug-likeness (QED) is 0.739. The first-order valence-electron chi connectivity index (χ1n) is 11.7. The number of rotatable bonds is 4. The Morgan fingerprint density at radius 2 is 1.46 bits per heavy atom. The van der Waals surface area contributed by atoms with E-state index >= 15 is 0 Å². The molecule has 0 radical (unpaired) electrons. The fraction of sp³-hybridized carbons (Fsp3) is 0.750. The van der Waals surface area contributed by atoms with Crippen molar-refractivity contribution in [3.05, 3.63) is 29.8 Å². The molecule has 0 amide bonds. The van der Waals surface area contributed by atoms with Crippen LogP contribution >= 0.6 is 11.8 Å². The second-order valence-corrected chi connectivity index (χ2v) is 10.9. The molecule has 1 aromatic rings. The molecule has 1 spiro atoms. The molecule has 0 bridgehead atoms. The molecule has 3 heterocycles. The Labute approximate surface area is 175 Å². The summed E-state index contributed by atoms with van der Waals surface area (Å²) in [4.78, 5) is 8.05. The summed E-state index contributed by atoms with van der Waals surface area (Å²) >= 11 is 2.09. The van der Waals surface area contributed by atoms with Crippen LogP contribution in [0.3, 0.4) is 0 Å². The highest BCUT2D eigenvalue weighted by Crippen LogP contribution is 2.43. The molecule has 4 aliphatic rings. The van der Waals surface area contributed by atoms with Gasteiger partial charge in [0.1, 0.15) is 0 Å². The highest BCUT2D eigenvalue weighted by Gasteiger charge is 2.39. The lowest BCUT2D eigenvalue weighted by Gasteiger charge is -2.50. The van der Waals surface area contributed by atoms with Crippen molar-refractivity contribution in [2.45, 2.75) is 57.5 Å². The zero-order chi connectivity index (χ0) is 18.8. The summed E-state index contributed by atoms with van der Waals surface area (Å²) in [6.07, 6.45) is 10.1. The smallest absolute Gasteiger partial charge is 0.0366 e. The maximum Gasteiger partial charge on any atom is 0.0366 e. The molecule has 0 atom stereocenters. The monoisotopic (exact) mass is 399 g/mol. The second kappa shape index (κ2) is 8.57. The standard InChI is InChI=1S/C24H37N3S/c1-2-22(3-1)26-12-8-24(9-13-26)10-14-27(15-11-24)23-6-4-21(5-7-23)20-25-16-18-28-19-17-25/h4-7,22H,1-3,8-20H2.